The second-order valence-corrected chi connectivity index (χ2v) is 8.68. The number of fused-ring (bicyclic) bond motifs is 4. The van der Waals surface area contributed by atoms with Crippen molar-refractivity contribution in [2.45, 2.75) is 25.3 Å². The summed E-state index contributed by atoms with van der Waals surface area (Å²) >= 11 is 0. The number of hydrogen-bond acceptors (Lipinski definition) is 7. The molecule has 5 heterocycles. The Morgan fingerprint density at radius 2 is 1.97 bits per heavy atom. The van der Waals surface area contributed by atoms with E-state index in [0.29, 0.717) is 49.4 Å². The second kappa shape index (κ2) is 8.36. The number of rotatable bonds is 6. The predicted molar refractivity (Wildman–Crippen MR) is 122 cm³/mol. The molecule has 1 fully saturated rings. The fraction of sp³-hybridized carbons (Fsp3) is 0.333. The van der Waals surface area contributed by atoms with Gasteiger partial charge in [0.2, 0.25) is 5.88 Å². The van der Waals surface area contributed by atoms with Crippen LogP contribution in [0.25, 0.3) is 22.4 Å². The zero-order valence-electron chi connectivity index (χ0n) is 18.4. The molecular formula is C24H23N7O3. The summed E-state index contributed by atoms with van der Waals surface area (Å²) in [5.74, 6) is 0.380. The van der Waals surface area contributed by atoms with E-state index in [-0.39, 0.29) is 30.3 Å². The van der Waals surface area contributed by atoms with Crippen LogP contribution in [0.5, 0.6) is 5.88 Å². The van der Waals surface area contributed by atoms with Crippen LogP contribution in [0.3, 0.4) is 0 Å². The molecule has 34 heavy (non-hydrogen) atoms. The lowest BCUT2D eigenvalue weighted by Gasteiger charge is -2.31. The van der Waals surface area contributed by atoms with E-state index >= 15 is 0 Å². The summed E-state index contributed by atoms with van der Waals surface area (Å²) in [6, 6.07) is 8.19. The van der Waals surface area contributed by atoms with Gasteiger partial charge in [0.1, 0.15) is 17.6 Å². The van der Waals surface area contributed by atoms with Gasteiger partial charge in [-0.2, -0.15) is 4.98 Å². The first kappa shape index (κ1) is 20.5. The molecule has 0 spiro atoms. The van der Waals surface area contributed by atoms with Crippen LogP contribution < -0.4 is 4.74 Å². The quantitative estimate of drug-likeness (QED) is 0.472. The van der Waals surface area contributed by atoms with Gasteiger partial charge in [-0.15, -0.1) is 0 Å². The number of nitrogens with one attached hydrogen (secondary N) is 1. The van der Waals surface area contributed by atoms with E-state index in [9.17, 15) is 9.59 Å². The number of aromatic nitrogens is 6. The largest absolute Gasteiger partial charge is 0.466 e. The minimum absolute atomic E-state index is 0.0126. The smallest absolute Gasteiger partial charge is 0.260 e. The minimum Gasteiger partial charge on any atom is -0.466 e. The Kier molecular flexibility index (Phi) is 5.05. The molecule has 1 atom stereocenters. The van der Waals surface area contributed by atoms with Gasteiger partial charge in [0, 0.05) is 31.0 Å². The molecule has 0 radical (unpaired) electrons. The molecule has 0 bridgehead atoms. The van der Waals surface area contributed by atoms with Gasteiger partial charge in [-0.25, -0.2) is 15.0 Å². The fourth-order valence-corrected chi connectivity index (χ4v) is 5.02. The molecule has 3 aromatic heterocycles. The molecular weight excluding hydrogens is 434 g/mol. The van der Waals surface area contributed by atoms with Crippen molar-refractivity contribution in [1.29, 1.82) is 0 Å². The van der Waals surface area contributed by atoms with Crippen molar-refractivity contribution in [3.8, 4) is 17.1 Å². The maximum Gasteiger partial charge on any atom is 0.260 e. The van der Waals surface area contributed by atoms with Crippen LogP contribution in [0, 0.1) is 5.92 Å². The first-order valence-electron chi connectivity index (χ1n) is 11.4. The van der Waals surface area contributed by atoms with E-state index in [1.165, 1.54) is 18.2 Å². The number of imidazole rings is 2. The van der Waals surface area contributed by atoms with Gasteiger partial charge < -0.3 is 19.2 Å². The molecule has 2 aliphatic rings. The van der Waals surface area contributed by atoms with E-state index in [2.05, 4.69) is 41.6 Å². The molecule has 1 aromatic carbocycles. The van der Waals surface area contributed by atoms with Crippen molar-refractivity contribution < 1.29 is 14.3 Å². The molecule has 1 N–H and O–H groups in total. The van der Waals surface area contributed by atoms with E-state index in [1.807, 2.05) is 24.7 Å². The van der Waals surface area contributed by atoms with Crippen LogP contribution in [-0.4, -0.2) is 65.8 Å². The highest BCUT2D eigenvalue weighted by Crippen LogP contribution is 2.41. The number of benzene rings is 1. The lowest BCUT2D eigenvalue weighted by molar-refractivity contribution is -0.137. The average Bonchev–Trinajstić information content (AvgIpc) is 3.60. The highest BCUT2D eigenvalue weighted by molar-refractivity contribution is 5.84. The number of aromatic amines is 1. The Bertz CT molecular complexity index is 1370. The lowest BCUT2D eigenvalue weighted by atomic mass is 9.87. The molecule has 172 valence electrons. The summed E-state index contributed by atoms with van der Waals surface area (Å²) in [6.07, 6.45) is 8.29. The van der Waals surface area contributed by atoms with Crippen molar-refractivity contribution in [3.63, 3.8) is 0 Å². The zero-order chi connectivity index (χ0) is 23.1. The van der Waals surface area contributed by atoms with Crippen molar-refractivity contribution >= 4 is 22.9 Å². The van der Waals surface area contributed by atoms with Gasteiger partial charge >= 0.3 is 0 Å². The fourth-order valence-electron chi connectivity index (χ4n) is 5.02. The summed E-state index contributed by atoms with van der Waals surface area (Å²) < 4.78 is 7.72. The van der Waals surface area contributed by atoms with Crippen LogP contribution in [0.1, 0.15) is 30.9 Å². The summed E-state index contributed by atoms with van der Waals surface area (Å²) in [6.45, 7) is 0.963. The normalized spacial score (nSPS) is 17.5. The molecule has 6 rings (SSSR count). The number of likely N-dealkylation sites (tertiary alicyclic amines) is 1. The molecule has 10 heteroatoms. The van der Waals surface area contributed by atoms with E-state index in [0.717, 1.165) is 11.3 Å². The van der Waals surface area contributed by atoms with Crippen LogP contribution in [0.15, 0.2) is 49.4 Å². The first-order valence-corrected chi connectivity index (χ1v) is 11.4. The molecule has 2 aliphatic heterocycles. The van der Waals surface area contributed by atoms with E-state index < -0.39 is 0 Å². The second-order valence-electron chi connectivity index (χ2n) is 8.68. The number of ketones is 1. The molecule has 1 saturated heterocycles. The summed E-state index contributed by atoms with van der Waals surface area (Å²) in [5.41, 5.74) is 4.44. The summed E-state index contributed by atoms with van der Waals surface area (Å²) in [5, 5.41) is 0. The van der Waals surface area contributed by atoms with Crippen molar-refractivity contribution in [2.75, 3.05) is 19.7 Å². The van der Waals surface area contributed by atoms with Crippen LogP contribution in [0.4, 0.5) is 0 Å². The maximum absolute atomic E-state index is 13.2. The molecule has 0 aliphatic carbocycles. The summed E-state index contributed by atoms with van der Waals surface area (Å²) in [4.78, 5) is 47.0. The van der Waals surface area contributed by atoms with Gasteiger partial charge in [-0.1, -0.05) is 24.3 Å². The van der Waals surface area contributed by atoms with Crippen LogP contribution in [-0.2, 0) is 9.59 Å². The van der Waals surface area contributed by atoms with Crippen molar-refractivity contribution in [2.24, 2.45) is 5.92 Å². The standard InChI is InChI=1S/C24H23N7O3/c32-20(9-18-16-3-1-2-4-17(16)19-10-25-14-31(18)19)15-5-7-30(8-6-15)21(33)11-34-24-22-23(27-12-26-22)28-13-29-24/h1-4,10,12-15,18H,5-9,11H2,(H,26,27,28,29). The number of H-pyrrole nitrogens is 1. The number of amides is 1. The maximum atomic E-state index is 13.2. The Labute approximate surface area is 195 Å². The topological polar surface area (TPSA) is 119 Å². The monoisotopic (exact) mass is 457 g/mol. The van der Waals surface area contributed by atoms with Gasteiger partial charge in [0.25, 0.3) is 5.91 Å². The Balaban J connectivity index is 1.05. The Hall–Kier alpha value is -4.08. The van der Waals surface area contributed by atoms with Gasteiger partial charge in [0.05, 0.1) is 30.6 Å². The third kappa shape index (κ3) is 3.51. The number of piperidine rings is 1. The zero-order valence-corrected chi connectivity index (χ0v) is 18.4. The Morgan fingerprint density at radius 3 is 2.85 bits per heavy atom. The average molecular weight is 457 g/mol. The van der Waals surface area contributed by atoms with Gasteiger partial charge in [-0.05, 0) is 18.4 Å². The molecule has 0 saturated carbocycles. The third-order valence-electron chi connectivity index (χ3n) is 6.82. The van der Waals surface area contributed by atoms with Crippen LogP contribution in [0.2, 0.25) is 0 Å². The SMILES string of the molecule is O=C(CC1c2ccccc2-c2cncn21)C1CCN(C(=O)COc2ncnc3nc[nH]c23)CC1. The molecule has 1 amide bonds. The third-order valence-corrected chi connectivity index (χ3v) is 6.82. The lowest BCUT2D eigenvalue weighted by Crippen LogP contribution is -2.42. The number of hydrogen-bond donors (Lipinski definition) is 1. The van der Waals surface area contributed by atoms with Gasteiger partial charge in [0.15, 0.2) is 12.3 Å². The number of carbonyl (C=O) groups is 2. The first-order chi connectivity index (χ1) is 16.7. The number of nitrogens with zero attached hydrogens (tertiary/aromatic N) is 6. The van der Waals surface area contributed by atoms with Crippen molar-refractivity contribution in [3.05, 3.63) is 55.0 Å². The predicted octanol–water partition coefficient (Wildman–Crippen LogP) is 2.40. The highest BCUT2D eigenvalue weighted by atomic mass is 16.5. The van der Waals surface area contributed by atoms with E-state index in [4.69, 9.17) is 4.74 Å². The van der Waals surface area contributed by atoms with Gasteiger partial charge in [-0.3, -0.25) is 9.59 Å². The summed E-state index contributed by atoms with van der Waals surface area (Å²) in [7, 11) is 0. The molecule has 4 aromatic rings. The van der Waals surface area contributed by atoms with Crippen LogP contribution >= 0.6 is 0 Å². The van der Waals surface area contributed by atoms with E-state index in [1.54, 1.807) is 4.90 Å². The molecule has 1 unspecified atom stereocenters. The highest BCUT2D eigenvalue weighted by Gasteiger charge is 2.33. The van der Waals surface area contributed by atoms with Crippen molar-refractivity contribution in [1.82, 2.24) is 34.4 Å². The molecule has 10 nitrogen and oxygen atoms in total. The number of Topliss-reactive ketones (excluding diaryl/α,β-unsaturated/α-hetero) is 1. The Morgan fingerprint density at radius 1 is 1.12 bits per heavy atom. The number of ether oxygens (including phenoxy) is 1. The minimum atomic E-state index is -0.120. The number of carbonyl (C=O) groups excluding carboxylic acids is 2.